The van der Waals surface area contributed by atoms with E-state index in [1.165, 1.54) is 23.1 Å². The minimum Gasteiger partial charge on any atom is -0.462 e. The van der Waals surface area contributed by atoms with E-state index in [-0.39, 0.29) is 23.8 Å². The first-order valence-electron chi connectivity index (χ1n) is 10.9. The Labute approximate surface area is 200 Å². The lowest BCUT2D eigenvalue weighted by molar-refractivity contribution is -0.113. The van der Waals surface area contributed by atoms with Crippen molar-refractivity contribution in [1.29, 1.82) is 0 Å². The van der Waals surface area contributed by atoms with Crippen LogP contribution in [0.25, 0.3) is 11.1 Å². The average Bonchev–Trinajstić information content (AvgIpc) is 3.22. The van der Waals surface area contributed by atoms with E-state index in [0.29, 0.717) is 15.7 Å². The number of aromatic amines is 1. The smallest absolute Gasteiger partial charge is 0.341 e. The summed E-state index contributed by atoms with van der Waals surface area (Å²) >= 11 is 2.46. The third-order valence-corrected chi connectivity index (χ3v) is 7.16. The van der Waals surface area contributed by atoms with Crippen molar-refractivity contribution in [2.45, 2.75) is 44.7 Å². The van der Waals surface area contributed by atoms with E-state index >= 15 is 0 Å². The number of carbonyl (C=O) groups excluding carboxylic acids is 2. The van der Waals surface area contributed by atoms with Crippen LogP contribution in [0.2, 0.25) is 0 Å². The molecule has 0 unspecified atom stereocenters. The maximum absolute atomic E-state index is 12.7. The van der Waals surface area contributed by atoms with E-state index in [9.17, 15) is 14.4 Å². The molecule has 0 radical (unpaired) electrons. The molecule has 0 saturated heterocycles. The zero-order valence-electron chi connectivity index (χ0n) is 18.5. The fraction of sp³-hybridized carbons (Fsp3) is 0.333. The number of aryl methyl sites for hydroxylation is 2. The number of nitrogens with one attached hydrogen (secondary N) is 2. The first kappa shape index (κ1) is 23.3. The molecule has 1 amide bonds. The predicted molar refractivity (Wildman–Crippen MR) is 131 cm³/mol. The molecule has 2 aromatic heterocycles. The van der Waals surface area contributed by atoms with Gasteiger partial charge < -0.3 is 15.0 Å². The van der Waals surface area contributed by atoms with Crippen molar-refractivity contribution in [2.24, 2.45) is 0 Å². The van der Waals surface area contributed by atoms with Crippen LogP contribution >= 0.6 is 23.1 Å². The van der Waals surface area contributed by atoms with Gasteiger partial charge in [-0.1, -0.05) is 41.6 Å². The monoisotopic (exact) mass is 483 g/mol. The van der Waals surface area contributed by atoms with Crippen molar-refractivity contribution >= 4 is 40.0 Å². The molecule has 1 aliphatic rings. The topological polar surface area (TPSA) is 101 Å². The molecule has 2 N–H and O–H groups in total. The van der Waals surface area contributed by atoms with Crippen molar-refractivity contribution in [1.82, 2.24) is 9.97 Å². The number of hydrogen-bond acceptors (Lipinski definition) is 7. The molecule has 2 heterocycles. The molecule has 172 valence electrons. The summed E-state index contributed by atoms with van der Waals surface area (Å²) < 4.78 is 5.25. The van der Waals surface area contributed by atoms with Gasteiger partial charge in [0.15, 0.2) is 5.16 Å². The number of carbonyl (C=O) groups is 2. The lowest BCUT2D eigenvalue weighted by atomic mass is 9.97. The zero-order chi connectivity index (χ0) is 23.4. The Bertz CT molecular complexity index is 1230. The lowest BCUT2D eigenvalue weighted by Crippen LogP contribution is -2.22. The molecule has 0 spiro atoms. The highest BCUT2D eigenvalue weighted by Crippen LogP contribution is 2.36. The number of esters is 1. The number of anilines is 1. The summed E-state index contributed by atoms with van der Waals surface area (Å²) in [6.07, 6.45) is 3.56. The Morgan fingerprint density at radius 3 is 2.73 bits per heavy atom. The maximum Gasteiger partial charge on any atom is 0.341 e. The molecule has 0 aliphatic heterocycles. The number of thiophene rings is 1. The van der Waals surface area contributed by atoms with Gasteiger partial charge in [0, 0.05) is 16.5 Å². The van der Waals surface area contributed by atoms with Crippen LogP contribution in [0.3, 0.4) is 0 Å². The number of fused-ring (bicyclic) bond motifs is 1. The summed E-state index contributed by atoms with van der Waals surface area (Å²) in [5.41, 5.74) is 4.55. The fourth-order valence-corrected chi connectivity index (χ4v) is 5.40. The summed E-state index contributed by atoms with van der Waals surface area (Å²) in [6.45, 7) is 3.98. The highest BCUT2D eigenvalue weighted by molar-refractivity contribution is 7.99. The molecule has 9 heteroatoms. The normalized spacial score (nSPS) is 12.8. The van der Waals surface area contributed by atoms with Crippen LogP contribution in [-0.2, 0) is 22.4 Å². The van der Waals surface area contributed by atoms with Crippen LogP contribution in [0.1, 0.15) is 46.9 Å². The van der Waals surface area contributed by atoms with Gasteiger partial charge >= 0.3 is 5.97 Å². The summed E-state index contributed by atoms with van der Waals surface area (Å²) in [5, 5.41) is 5.57. The van der Waals surface area contributed by atoms with Gasteiger partial charge in [0.1, 0.15) is 10.6 Å². The molecule has 0 bridgehead atoms. The van der Waals surface area contributed by atoms with Crippen molar-refractivity contribution in [3.05, 3.63) is 62.4 Å². The molecule has 1 aliphatic carbocycles. The van der Waals surface area contributed by atoms with Gasteiger partial charge in [-0.3, -0.25) is 9.59 Å². The number of ether oxygens (including phenoxy) is 1. The standard InChI is InChI=1S/C24H25N3O4S2/c1-3-31-23(30)20-17(15-10-8-14(2)9-11-15)12-32-22(20)26-19(28)13-33-24-25-18-7-5-4-6-16(18)21(29)27-24/h8-12H,3-7,13H2,1-2H3,(H,26,28)(H,25,27,29). The van der Waals surface area contributed by atoms with Gasteiger partial charge in [-0.2, -0.15) is 0 Å². The Morgan fingerprint density at radius 1 is 1.21 bits per heavy atom. The van der Waals surface area contributed by atoms with Crippen LogP contribution in [0.5, 0.6) is 0 Å². The van der Waals surface area contributed by atoms with Crippen molar-refractivity contribution < 1.29 is 14.3 Å². The Balaban J connectivity index is 1.51. The number of rotatable bonds is 7. The molecule has 0 fully saturated rings. The molecule has 0 saturated carbocycles. The third kappa shape index (κ3) is 5.36. The lowest BCUT2D eigenvalue weighted by Gasteiger charge is -2.14. The van der Waals surface area contributed by atoms with Gasteiger partial charge in [-0.25, -0.2) is 9.78 Å². The van der Waals surface area contributed by atoms with Gasteiger partial charge in [-0.15, -0.1) is 11.3 Å². The van der Waals surface area contributed by atoms with Crippen LogP contribution in [0.4, 0.5) is 5.00 Å². The summed E-state index contributed by atoms with van der Waals surface area (Å²) in [6, 6.07) is 7.84. The van der Waals surface area contributed by atoms with Crippen LogP contribution < -0.4 is 10.9 Å². The molecule has 4 rings (SSSR count). The summed E-state index contributed by atoms with van der Waals surface area (Å²) in [4.78, 5) is 45.0. The largest absolute Gasteiger partial charge is 0.462 e. The number of amides is 1. The second-order valence-corrected chi connectivity index (χ2v) is 9.62. The first-order chi connectivity index (χ1) is 16.0. The van der Waals surface area contributed by atoms with Crippen LogP contribution in [0, 0.1) is 6.92 Å². The van der Waals surface area contributed by atoms with E-state index in [1.807, 2.05) is 36.6 Å². The van der Waals surface area contributed by atoms with Crippen molar-refractivity contribution in [3.8, 4) is 11.1 Å². The van der Waals surface area contributed by atoms with E-state index in [4.69, 9.17) is 4.74 Å². The Morgan fingerprint density at radius 2 is 1.97 bits per heavy atom. The van der Waals surface area contributed by atoms with Gasteiger partial charge in [-0.05, 0) is 45.1 Å². The molecule has 7 nitrogen and oxygen atoms in total. The zero-order valence-corrected chi connectivity index (χ0v) is 20.2. The number of H-pyrrole nitrogens is 1. The summed E-state index contributed by atoms with van der Waals surface area (Å²) in [5.74, 6) is -0.705. The minimum absolute atomic E-state index is 0.0573. The van der Waals surface area contributed by atoms with Crippen LogP contribution in [0.15, 0.2) is 39.6 Å². The summed E-state index contributed by atoms with van der Waals surface area (Å²) in [7, 11) is 0. The number of aromatic nitrogens is 2. The first-order valence-corrected chi connectivity index (χ1v) is 12.7. The highest BCUT2D eigenvalue weighted by Gasteiger charge is 2.23. The van der Waals surface area contributed by atoms with E-state index < -0.39 is 5.97 Å². The number of thioether (sulfide) groups is 1. The van der Waals surface area contributed by atoms with Crippen molar-refractivity contribution in [3.63, 3.8) is 0 Å². The molecule has 3 aromatic rings. The Hall–Kier alpha value is -2.91. The fourth-order valence-electron chi connectivity index (χ4n) is 3.75. The van der Waals surface area contributed by atoms with E-state index in [1.54, 1.807) is 6.92 Å². The number of hydrogen-bond donors (Lipinski definition) is 2. The molecular formula is C24H25N3O4S2. The quantitative estimate of drug-likeness (QED) is 0.290. The second-order valence-electron chi connectivity index (χ2n) is 7.78. The highest BCUT2D eigenvalue weighted by atomic mass is 32.2. The number of benzene rings is 1. The van der Waals surface area contributed by atoms with E-state index in [2.05, 4.69) is 15.3 Å². The Kier molecular flexibility index (Phi) is 7.29. The number of nitrogens with zero attached hydrogens (tertiary/aromatic N) is 1. The second kappa shape index (κ2) is 10.4. The molecule has 1 aromatic carbocycles. The SMILES string of the molecule is CCOC(=O)c1c(-c2ccc(C)cc2)csc1NC(=O)CSc1nc2c(c(=O)[nH]1)CCCC2. The average molecular weight is 484 g/mol. The maximum atomic E-state index is 12.7. The molecule has 0 atom stereocenters. The van der Waals surface area contributed by atoms with Gasteiger partial charge in [0.05, 0.1) is 18.1 Å². The third-order valence-electron chi connectivity index (χ3n) is 5.40. The van der Waals surface area contributed by atoms with E-state index in [0.717, 1.165) is 53.6 Å². The predicted octanol–water partition coefficient (Wildman–Crippen LogP) is 4.59. The van der Waals surface area contributed by atoms with Crippen molar-refractivity contribution in [2.75, 3.05) is 17.7 Å². The minimum atomic E-state index is -0.474. The van der Waals surface area contributed by atoms with Crippen LogP contribution in [-0.4, -0.2) is 34.2 Å². The van der Waals surface area contributed by atoms with Gasteiger partial charge in [0.25, 0.3) is 5.56 Å². The molecular weight excluding hydrogens is 458 g/mol. The molecule has 33 heavy (non-hydrogen) atoms. The van der Waals surface area contributed by atoms with Gasteiger partial charge in [0.2, 0.25) is 5.91 Å².